The molecule has 0 atom stereocenters. The number of fused-ring (bicyclic) bond motifs is 1. The Bertz CT molecular complexity index is 681. The van der Waals surface area contributed by atoms with Crippen molar-refractivity contribution in [3.8, 4) is 11.3 Å². The highest BCUT2D eigenvalue weighted by atomic mass is 16.7. The Hall–Kier alpha value is -2.23. The van der Waals surface area contributed by atoms with E-state index < -0.39 is 0 Å². The summed E-state index contributed by atoms with van der Waals surface area (Å²) in [5.74, 6) is 0.902. The summed E-state index contributed by atoms with van der Waals surface area (Å²) in [6.45, 7) is 0. The molecule has 0 aliphatic rings. The molecule has 0 fully saturated rings. The molecule has 1 aromatic heterocycles. The molecule has 21 heavy (non-hydrogen) atoms. The molecule has 0 bridgehead atoms. The van der Waals surface area contributed by atoms with Gasteiger partial charge in [-0.15, -0.1) is 0 Å². The van der Waals surface area contributed by atoms with E-state index in [0.29, 0.717) is 0 Å². The van der Waals surface area contributed by atoms with E-state index in [1.165, 1.54) is 0 Å². The fraction of sp³-hybridized carbons (Fsp3) is 0.167. The Morgan fingerprint density at radius 3 is 2.10 bits per heavy atom. The predicted octanol–water partition coefficient (Wildman–Crippen LogP) is 4.49. The second-order valence-corrected chi connectivity index (χ2v) is 4.70. The van der Waals surface area contributed by atoms with Crippen molar-refractivity contribution in [3.63, 3.8) is 0 Å². The van der Waals surface area contributed by atoms with Crippen LogP contribution in [0, 0.1) is 0 Å². The summed E-state index contributed by atoms with van der Waals surface area (Å²) in [7, 11) is 5.29. The lowest BCUT2D eigenvalue weighted by atomic mass is 10.1. The van der Waals surface area contributed by atoms with Crippen LogP contribution in [-0.4, -0.2) is 26.3 Å². The van der Waals surface area contributed by atoms with E-state index in [1.54, 1.807) is 12.2 Å². The molecule has 2 aromatic carbocycles. The molecule has 0 aliphatic carbocycles. The summed E-state index contributed by atoms with van der Waals surface area (Å²) < 4.78 is 5.85. The number of benzene rings is 2. The summed E-state index contributed by atoms with van der Waals surface area (Å²) >= 11 is 0. The van der Waals surface area contributed by atoms with Gasteiger partial charge in [0, 0.05) is 26.2 Å². The molecule has 108 valence electrons. The largest absolute Gasteiger partial charge is 0.360 e. The van der Waals surface area contributed by atoms with Gasteiger partial charge in [-0.2, -0.15) is 5.06 Å². The Labute approximate surface area is 125 Å². The Morgan fingerprint density at radius 1 is 0.810 bits per heavy atom. The third-order valence-corrected chi connectivity index (χ3v) is 2.98. The van der Waals surface area contributed by atoms with Crippen molar-refractivity contribution in [2.45, 2.75) is 0 Å². The molecule has 0 saturated carbocycles. The minimum atomic E-state index is 0.902. The minimum Gasteiger partial charge on any atom is -0.303 e. The number of nitrogens with zero attached hydrogens (tertiary/aromatic N) is 1. The zero-order valence-electron chi connectivity index (χ0n) is 12.6. The van der Waals surface area contributed by atoms with Gasteiger partial charge < -0.3 is 4.84 Å². The lowest BCUT2D eigenvalue weighted by molar-refractivity contribution is -0.0855. The summed E-state index contributed by atoms with van der Waals surface area (Å²) in [6, 6.07) is 22.3. The van der Waals surface area contributed by atoms with E-state index in [9.17, 15) is 0 Å². The van der Waals surface area contributed by atoms with Crippen LogP contribution in [-0.2, 0) is 4.84 Å². The van der Waals surface area contributed by atoms with Crippen LogP contribution in [0.1, 0.15) is 0 Å². The first-order valence-electron chi connectivity index (χ1n) is 6.79. The Morgan fingerprint density at radius 2 is 1.43 bits per heavy atom. The van der Waals surface area contributed by atoms with Crippen LogP contribution in [0.4, 0.5) is 0 Å². The maximum Gasteiger partial charge on any atom is 0.360 e. The third kappa shape index (κ3) is 4.38. The molecule has 0 spiro atoms. The molecule has 0 unspecified atom stereocenters. The maximum atomic E-state index is 5.85. The molecular weight excluding hydrogens is 262 g/mol. The van der Waals surface area contributed by atoms with Crippen LogP contribution in [0.25, 0.3) is 22.3 Å². The smallest absolute Gasteiger partial charge is 0.303 e. The molecule has 1 heterocycles. The van der Waals surface area contributed by atoms with Crippen molar-refractivity contribution in [2.24, 2.45) is 0 Å². The molecule has 3 rings (SSSR count). The zero-order valence-corrected chi connectivity index (χ0v) is 12.6. The van der Waals surface area contributed by atoms with Gasteiger partial charge in [0.2, 0.25) is 0 Å². The zero-order chi connectivity index (χ0) is 15.1. The van der Waals surface area contributed by atoms with Crippen molar-refractivity contribution in [2.75, 3.05) is 21.2 Å². The van der Waals surface area contributed by atoms with Gasteiger partial charge in [0.05, 0.1) is 18.1 Å². The second-order valence-electron chi connectivity index (χ2n) is 4.70. The SMILES string of the molecule is CON(C)C.c1ccc(-c2ccc3ccccc3[o+]2)cc1. The van der Waals surface area contributed by atoms with Gasteiger partial charge in [-0.05, 0) is 24.3 Å². The average Bonchev–Trinajstić information content (AvgIpc) is 2.56. The van der Waals surface area contributed by atoms with Gasteiger partial charge in [0.15, 0.2) is 0 Å². The van der Waals surface area contributed by atoms with E-state index in [1.807, 2.05) is 74.8 Å². The molecule has 0 saturated heterocycles. The fourth-order valence-corrected chi connectivity index (χ4v) is 1.79. The fourth-order valence-electron chi connectivity index (χ4n) is 1.79. The van der Waals surface area contributed by atoms with Gasteiger partial charge >= 0.3 is 11.3 Å². The molecule has 3 nitrogen and oxygen atoms in total. The molecule has 0 radical (unpaired) electrons. The molecule has 0 N–H and O–H groups in total. The summed E-state index contributed by atoms with van der Waals surface area (Å²) in [4.78, 5) is 4.58. The van der Waals surface area contributed by atoms with Crippen molar-refractivity contribution in [1.82, 2.24) is 5.06 Å². The first kappa shape index (κ1) is 15.2. The predicted molar refractivity (Wildman–Crippen MR) is 86.8 cm³/mol. The van der Waals surface area contributed by atoms with E-state index in [-0.39, 0.29) is 0 Å². The van der Waals surface area contributed by atoms with E-state index in [2.05, 4.69) is 10.9 Å². The summed E-state index contributed by atoms with van der Waals surface area (Å²) in [6.07, 6.45) is 0. The Balaban J connectivity index is 0.000000282. The van der Waals surface area contributed by atoms with E-state index in [0.717, 1.165) is 22.3 Å². The van der Waals surface area contributed by atoms with Crippen LogP contribution in [0.2, 0.25) is 0 Å². The van der Waals surface area contributed by atoms with E-state index in [4.69, 9.17) is 4.42 Å². The van der Waals surface area contributed by atoms with Crippen molar-refractivity contribution < 1.29 is 9.25 Å². The number of hydrogen-bond acceptors (Lipinski definition) is 2. The number of rotatable bonds is 2. The third-order valence-electron chi connectivity index (χ3n) is 2.98. The first-order chi connectivity index (χ1) is 10.2. The second kappa shape index (κ2) is 7.53. The molecule has 0 aliphatic heterocycles. The van der Waals surface area contributed by atoms with Crippen molar-refractivity contribution >= 4 is 11.0 Å². The van der Waals surface area contributed by atoms with Gasteiger partial charge in [0.1, 0.15) is 0 Å². The number of para-hydroxylation sites is 1. The van der Waals surface area contributed by atoms with Crippen LogP contribution in [0.15, 0.2) is 71.1 Å². The first-order valence-corrected chi connectivity index (χ1v) is 6.79. The normalized spacial score (nSPS) is 10.3. The van der Waals surface area contributed by atoms with Gasteiger partial charge in [0.25, 0.3) is 0 Å². The molecule has 3 aromatic rings. The molecule has 3 heteroatoms. The van der Waals surface area contributed by atoms with Crippen LogP contribution >= 0.6 is 0 Å². The van der Waals surface area contributed by atoms with Gasteiger partial charge in [-0.3, -0.25) is 0 Å². The van der Waals surface area contributed by atoms with Crippen LogP contribution < -0.4 is 0 Å². The molecule has 0 amide bonds. The standard InChI is InChI=1S/C15H11O.C3H9NO/c1-2-6-12(7-3-1)15-11-10-13-8-4-5-9-14(13)16-15;1-4(2)5-3/h1-11H;1-3H3/q+1;. The average molecular weight is 282 g/mol. The highest BCUT2D eigenvalue weighted by molar-refractivity contribution is 5.78. The molecular formula is C18H20NO2+. The maximum absolute atomic E-state index is 5.85. The van der Waals surface area contributed by atoms with Crippen molar-refractivity contribution in [1.29, 1.82) is 0 Å². The lowest BCUT2D eigenvalue weighted by Crippen LogP contribution is -2.07. The van der Waals surface area contributed by atoms with Gasteiger partial charge in [-0.1, -0.05) is 30.3 Å². The Kier molecular flexibility index (Phi) is 5.43. The van der Waals surface area contributed by atoms with Gasteiger partial charge in [-0.25, -0.2) is 4.42 Å². The quantitative estimate of drug-likeness (QED) is 0.511. The monoisotopic (exact) mass is 282 g/mol. The summed E-state index contributed by atoms with van der Waals surface area (Å²) in [5, 5.41) is 2.75. The number of hydrogen-bond donors (Lipinski definition) is 0. The minimum absolute atomic E-state index is 0.902. The summed E-state index contributed by atoms with van der Waals surface area (Å²) in [5.41, 5.74) is 2.03. The van der Waals surface area contributed by atoms with Crippen LogP contribution in [0.3, 0.4) is 0 Å². The highest BCUT2D eigenvalue weighted by Gasteiger charge is 2.12. The lowest BCUT2D eigenvalue weighted by Gasteiger charge is -2.01. The number of hydroxylamine groups is 2. The highest BCUT2D eigenvalue weighted by Crippen LogP contribution is 2.23. The topological polar surface area (TPSA) is 23.8 Å². The van der Waals surface area contributed by atoms with Crippen molar-refractivity contribution in [3.05, 3.63) is 66.7 Å². The van der Waals surface area contributed by atoms with E-state index >= 15 is 0 Å². The van der Waals surface area contributed by atoms with Crippen LogP contribution in [0.5, 0.6) is 0 Å².